The first-order valence-electron chi connectivity index (χ1n) is 7.38. The van der Waals surface area contributed by atoms with Gasteiger partial charge in [0.25, 0.3) is 0 Å². The molecule has 0 saturated carbocycles. The van der Waals surface area contributed by atoms with E-state index >= 15 is 0 Å². The maximum Gasteiger partial charge on any atom is 0.246 e. The van der Waals surface area contributed by atoms with Crippen molar-refractivity contribution < 1.29 is 9.59 Å². The molecule has 2 aromatic rings. The summed E-state index contributed by atoms with van der Waals surface area (Å²) < 4.78 is 1.01. The number of fused-ring (bicyclic) bond motifs is 1. The van der Waals surface area contributed by atoms with E-state index in [9.17, 15) is 9.59 Å². The van der Waals surface area contributed by atoms with Gasteiger partial charge in [-0.2, -0.15) is 0 Å². The van der Waals surface area contributed by atoms with Crippen LogP contribution in [0.2, 0.25) is 0 Å². The fourth-order valence-corrected chi connectivity index (χ4v) is 3.86. The lowest BCUT2D eigenvalue weighted by atomic mass is 9.83. The van der Waals surface area contributed by atoms with E-state index < -0.39 is 0 Å². The van der Waals surface area contributed by atoms with E-state index in [2.05, 4.69) is 22.5 Å². The zero-order valence-corrected chi connectivity index (χ0v) is 14.1. The van der Waals surface area contributed by atoms with Gasteiger partial charge in [-0.25, -0.2) is 0 Å². The van der Waals surface area contributed by atoms with Gasteiger partial charge in [0.05, 0.1) is 0 Å². The van der Waals surface area contributed by atoms with E-state index in [-0.39, 0.29) is 11.8 Å². The van der Waals surface area contributed by atoms with Crippen molar-refractivity contribution in [3.8, 4) is 0 Å². The molecule has 1 heterocycles. The summed E-state index contributed by atoms with van der Waals surface area (Å²) in [5.74, 6) is -0.135. The van der Waals surface area contributed by atoms with Gasteiger partial charge in [-0.05, 0) is 28.8 Å². The third kappa shape index (κ3) is 2.86. The van der Waals surface area contributed by atoms with Crippen molar-refractivity contribution in [3.63, 3.8) is 0 Å². The standard InChI is InChI=1S/C19H16BrNO2/c1-2-18(23)21-10-13-7-5-9-17(20)19(13)16(11-21)15-8-4-3-6-14(15)12-22/h2-9,12,16H,1,10-11H2/t16-/m0/s1. The van der Waals surface area contributed by atoms with E-state index in [1.165, 1.54) is 6.08 Å². The Morgan fingerprint density at radius 1 is 1.22 bits per heavy atom. The minimum Gasteiger partial charge on any atom is -0.334 e. The first kappa shape index (κ1) is 15.7. The van der Waals surface area contributed by atoms with Crippen molar-refractivity contribution >= 4 is 28.1 Å². The molecule has 1 atom stereocenters. The minimum atomic E-state index is -0.0933. The summed E-state index contributed by atoms with van der Waals surface area (Å²) in [6.45, 7) is 4.67. The molecular formula is C19H16BrNO2. The molecule has 2 aromatic carbocycles. The minimum absolute atomic E-state index is 0.0420. The Hall–Kier alpha value is -2.20. The number of hydrogen-bond acceptors (Lipinski definition) is 2. The SMILES string of the molecule is C=CC(=O)N1Cc2cccc(Br)c2[C@H](c2ccccc2C=O)C1. The van der Waals surface area contributed by atoms with Gasteiger partial charge in [-0.1, -0.05) is 58.9 Å². The second-order valence-corrected chi connectivity index (χ2v) is 6.39. The van der Waals surface area contributed by atoms with Crippen molar-refractivity contribution in [1.82, 2.24) is 4.90 Å². The van der Waals surface area contributed by atoms with E-state index in [4.69, 9.17) is 0 Å². The maximum absolute atomic E-state index is 12.1. The highest BCUT2D eigenvalue weighted by atomic mass is 79.9. The van der Waals surface area contributed by atoms with Gasteiger partial charge in [0.1, 0.15) is 6.29 Å². The summed E-state index contributed by atoms with van der Waals surface area (Å²) in [6.07, 6.45) is 2.21. The monoisotopic (exact) mass is 369 g/mol. The Bertz CT molecular complexity index is 785. The smallest absolute Gasteiger partial charge is 0.246 e. The highest BCUT2D eigenvalue weighted by Gasteiger charge is 2.30. The van der Waals surface area contributed by atoms with Gasteiger partial charge in [-0.3, -0.25) is 9.59 Å². The van der Waals surface area contributed by atoms with Gasteiger partial charge in [0.2, 0.25) is 5.91 Å². The number of carbonyl (C=O) groups excluding carboxylic acids is 2. The fraction of sp³-hybridized carbons (Fsp3) is 0.158. The van der Waals surface area contributed by atoms with Crippen LogP contribution in [0, 0.1) is 0 Å². The van der Waals surface area contributed by atoms with E-state index in [1.807, 2.05) is 42.5 Å². The van der Waals surface area contributed by atoms with Crippen LogP contribution in [-0.2, 0) is 11.3 Å². The molecule has 1 aliphatic heterocycles. The van der Waals surface area contributed by atoms with Gasteiger partial charge in [0, 0.05) is 29.0 Å². The van der Waals surface area contributed by atoms with Crippen molar-refractivity contribution in [2.45, 2.75) is 12.5 Å². The summed E-state index contributed by atoms with van der Waals surface area (Å²) >= 11 is 3.63. The molecular weight excluding hydrogens is 354 g/mol. The summed E-state index contributed by atoms with van der Waals surface area (Å²) in [5.41, 5.74) is 3.84. The highest BCUT2D eigenvalue weighted by molar-refractivity contribution is 9.10. The van der Waals surface area contributed by atoms with E-state index in [0.717, 1.165) is 27.4 Å². The van der Waals surface area contributed by atoms with Crippen LogP contribution in [0.4, 0.5) is 0 Å². The Kier molecular flexibility index (Phi) is 4.44. The van der Waals surface area contributed by atoms with Crippen molar-refractivity contribution in [3.05, 3.63) is 81.8 Å². The number of halogens is 1. The fourth-order valence-electron chi connectivity index (χ4n) is 3.18. The second-order valence-electron chi connectivity index (χ2n) is 5.53. The maximum atomic E-state index is 12.1. The zero-order chi connectivity index (χ0) is 16.4. The quantitative estimate of drug-likeness (QED) is 0.607. The van der Waals surface area contributed by atoms with Crippen molar-refractivity contribution in [2.24, 2.45) is 0 Å². The molecule has 0 bridgehead atoms. The van der Waals surface area contributed by atoms with Crippen LogP contribution in [0.15, 0.2) is 59.6 Å². The number of aldehydes is 1. The Morgan fingerprint density at radius 3 is 2.74 bits per heavy atom. The lowest BCUT2D eigenvalue weighted by Crippen LogP contribution is -2.38. The molecule has 0 spiro atoms. The van der Waals surface area contributed by atoms with Gasteiger partial charge >= 0.3 is 0 Å². The third-order valence-electron chi connectivity index (χ3n) is 4.24. The lowest BCUT2D eigenvalue weighted by Gasteiger charge is -2.35. The summed E-state index contributed by atoms with van der Waals surface area (Å²) in [5, 5.41) is 0. The normalized spacial score (nSPS) is 16.6. The van der Waals surface area contributed by atoms with Gasteiger partial charge in [-0.15, -0.1) is 0 Å². The number of amides is 1. The molecule has 116 valence electrons. The number of carbonyl (C=O) groups is 2. The summed E-state index contributed by atoms with van der Waals surface area (Å²) in [7, 11) is 0. The molecule has 0 N–H and O–H groups in total. The lowest BCUT2D eigenvalue weighted by molar-refractivity contribution is -0.127. The van der Waals surface area contributed by atoms with Crippen LogP contribution in [0.5, 0.6) is 0 Å². The van der Waals surface area contributed by atoms with Crippen molar-refractivity contribution in [1.29, 1.82) is 0 Å². The first-order chi connectivity index (χ1) is 11.2. The molecule has 1 aliphatic rings. The predicted octanol–water partition coefficient (Wildman–Crippen LogP) is 3.92. The van der Waals surface area contributed by atoms with Crippen LogP contribution in [0.25, 0.3) is 0 Å². The zero-order valence-electron chi connectivity index (χ0n) is 12.5. The number of benzene rings is 2. The Balaban J connectivity index is 2.16. The molecule has 0 aliphatic carbocycles. The van der Waals surface area contributed by atoms with E-state index in [1.54, 1.807) is 4.90 Å². The average Bonchev–Trinajstić information content (AvgIpc) is 2.60. The largest absolute Gasteiger partial charge is 0.334 e. The molecule has 0 aromatic heterocycles. The predicted molar refractivity (Wildman–Crippen MR) is 93.4 cm³/mol. The molecule has 4 heteroatoms. The van der Waals surface area contributed by atoms with Gasteiger partial charge < -0.3 is 4.90 Å². The van der Waals surface area contributed by atoms with Crippen LogP contribution in [0.1, 0.15) is 33.0 Å². The van der Waals surface area contributed by atoms with Crippen LogP contribution in [0.3, 0.4) is 0 Å². The Morgan fingerprint density at radius 2 is 2.00 bits per heavy atom. The number of rotatable bonds is 3. The molecule has 0 unspecified atom stereocenters. The molecule has 23 heavy (non-hydrogen) atoms. The first-order valence-corrected chi connectivity index (χ1v) is 8.17. The molecule has 0 saturated heterocycles. The van der Waals surface area contributed by atoms with Crippen LogP contribution in [-0.4, -0.2) is 23.6 Å². The van der Waals surface area contributed by atoms with Crippen LogP contribution >= 0.6 is 15.9 Å². The third-order valence-corrected chi connectivity index (χ3v) is 4.93. The number of hydrogen-bond donors (Lipinski definition) is 0. The summed E-state index contributed by atoms with van der Waals surface area (Å²) in [4.78, 5) is 25.3. The van der Waals surface area contributed by atoms with Crippen molar-refractivity contribution in [2.75, 3.05) is 6.54 Å². The second kappa shape index (κ2) is 6.50. The Labute approximate surface area is 143 Å². The molecule has 3 nitrogen and oxygen atoms in total. The topological polar surface area (TPSA) is 37.4 Å². The molecule has 0 radical (unpaired) electrons. The summed E-state index contributed by atoms with van der Waals surface area (Å²) in [6, 6.07) is 13.5. The molecule has 0 fully saturated rings. The molecule has 1 amide bonds. The van der Waals surface area contributed by atoms with Gasteiger partial charge in [0.15, 0.2) is 0 Å². The van der Waals surface area contributed by atoms with Crippen LogP contribution < -0.4 is 0 Å². The molecule has 3 rings (SSSR count). The highest BCUT2D eigenvalue weighted by Crippen LogP contribution is 2.39. The van der Waals surface area contributed by atoms with E-state index in [0.29, 0.717) is 18.7 Å². The average molecular weight is 370 g/mol. The number of nitrogens with zero attached hydrogens (tertiary/aromatic N) is 1.